The average Bonchev–Trinajstić information content (AvgIpc) is 3.10. The minimum absolute atomic E-state index is 0. The number of anilines is 1. The third-order valence-electron chi connectivity index (χ3n) is 3.62. The zero-order chi connectivity index (χ0) is 13.9. The molecule has 2 aromatic rings. The van der Waals surface area contributed by atoms with Gasteiger partial charge in [0.05, 0.1) is 11.6 Å². The van der Waals surface area contributed by atoms with Gasteiger partial charge in [0.2, 0.25) is 5.91 Å². The van der Waals surface area contributed by atoms with Gasteiger partial charge in [-0.2, -0.15) is 5.10 Å². The van der Waals surface area contributed by atoms with Gasteiger partial charge in [0.15, 0.2) is 5.82 Å². The second-order valence-electron chi connectivity index (χ2n) is 5.06. The lowest BCUT2D eigenvalue weighted by Gasteiger charge is -2.15. The maximum absolute atomic E-state index is 12.3. The molecule has 0 spiro atoms. The van der Waals surface area contributed by atoms with Crippen LogP contribution in [0, 0.1) is 11.8 Å². The molecule has 6 nitrogen and oxygen atoms in total. The number of carbonyl (C=O) groups excluding carboxylic acids is 1. The largest absolute Gasteiger partial charge is 0.323 e. The number of halogens is 1. The van der Waals surface area contributed by atoms with Gasteiger partial charge in [-0.25, -0.2) is 9.67 Å². The summed E-state index contributed by atoms with van der Waals surface area (Å²) in [5, 5.41) is 10.4. The molecule has 1 saturated heterocycles. The van der Waals surface area contributed by atoms with Crippen molar-refractivity contribution in [1.29, 1.82) is 0 Å². The number of nitrogens with one attached hydrogen (secondary N) is 2. The Morgan fingerprint density at radius 1 is 1.38 bits per heavy atom. The second kappa shape index (κ2) is 6.69. The minimum Gasteiger partial charge on any atom is -0.323 e. The van der Waals surface area contributed by atoms with Crippen LogP contribution in [-0.4, -0.2) is 33.8 Å². The number of hydrogen-bond acceptors (Lipinski definition) is 4. The molecule has 21 heavy (non-hydrogen) atoms. The van der Waals surface area contributed by atoms with Crippen LogP contribution in [0.2, 0.25) is 0 Å². The van der Waals surface area contributed by atoms with Gasteiger partial charge in [0, 0.05) is 25.1 Å². The molecule has 3 rings (SSSR count). The monoisotopic (exact) mass is 307 g/mol. The van der Waals surface area contributed by atoms with Crippen molar-refractivity contribution in [3.8, 4) is 5.82 Å². The van der Waals surface area contributed by atoms with E-state index in [0.717, 1.165) is 13.1 Å². The molecule has 1 aliphatic heterocycles. The van der Waals surface area contributed by atoms with Crippen molar-refractivity contribution in [2.45, 2.75) is 6.92 Å². The second-order valence-corrected chi connectivity index (χ2v) is 5.06. The van der Waals surface area contributed by atoms with E-state index in [4.69, 9.17) is 0 Å². The molecule has 2 N–H and O–H groups in total. The Bertz CT molecular complexity index is 601. The lowest BCUT2D eigenvalue weighted by molar-refractivity contribution is -0.120. The summed E-state index contributed by atoms with van der Waals surface area (Å²) in [5.41, 5.74) is 0.681. The number of rotatable bonds is 3. The van der Waals surface area contributed by atoms with E-state index in [2.05, 4.69) is 27.6 Å². The van der Waals surface area contributed by atoms with Crippen LogP contribution in [-0.2, 0) is 4.79 Å². The van der Waals surface area contributed by atoms with Gasteiger partial charge < -0.3 is 10.6 Å². The summed E-state index contributed by atoms with van der Waals surface area (Å²) < 4.78 is 1.64. The Morgan fingerprint density at radius 2 is 2.24 bits per heavy atom. The van der Waals surface area contributed by atoms with Crippen molar-refractivity contribution in [2.24, 2.45) is 11.8 Å². The summed E-state index contributed by atoms with van der Waals surface area (Å²) in [6, 6.07) is 5.47. The summed E-state index contributed by atoms with van der Waals surface area (Å²) in [7, 11) is 0. The van der Waals surface area contributed by atoms with Crippen molar-refractivity contribution < 1.29 is 4.79 Å². The van der Waals surface area contributed by atoms with Crippen LogP contribution >= 0.6 is 12.4 Å². The topological polar surface area (TPSA) is 71.8 Å². The SMILES string of the molecule is C[C@@H]1CNC[C@H]1C(=O)Nc1cccnc1-n1cccn1.Cl. The molecule has 3 heterocycles. The molecule has 0 unspecified atom stereocenters. The Kier molecular flexibility index (Phi) is 4.93. The molecule has 1 fully saturated rings. The molecule has 112 valence electrons. The van der Waals surface area contributed by atoms with E-state index in [1.807, 2.05) is 12.1 Å². The predicted molar refractivity (Wildman–Crippen MR) is 82.8 cm³/mol. The number of aromatic nitrogens is 3. The van der Waals surface area contributed by atoms with E-state index in [9.17, 15) is 4.79 Å². The van der Waals surface area contributed by atoms with Crippen LogP contribution in [0.15, 0.2) is 36.8 Å². The van der Waals surface area contributed by atoms with Gasteiger partial charge in [-0.1, -0.05) is 6.92 Å². The zero-order valence-corrected chi connectivity index (χ0v) is 12.5. The summed E-state index contributed by atoms with van der Waals surface area (Å²) in [6.07, 6.45) is 5.17. The predicted octanol–water partition coefficient (Wildman–Crippen LogP) is 1.48. The van der Waals surface area contributed by atoms with Crippen LogP contribution in [0.25, 0.3) is 5.82 Å². The highest BCUT2D eigenvalue weighted by Crippen LogP contribution is 2.21. The zero-order valence-electron chi connectivity index (χ0n) is 11.7. The normalized spacial score (nSPS) is 20.8. The van der Waals surface area contributed by atoms with E-state index in [1.165, 1.54) is 0 Å². The standard InChI is InChI=1S/C14H17N5O.ClH/c1-10-8-15-9-11(10)14(20)18-12-4-2-5-16-13(12)19-7-3-6-17-19;/h2-7,10-11,15H,8-9H2,1H3,(H,18,20);1H/t10-,11-;/m1./s1. The molecule has 0 saturated carbocycles. The first-order valence-electron chi connectivity index (χ1n) is 6.72. The van der Waals surface area contributed by atoms with Gasteiger partial charge in [0.1, 0.15) is 0 Å². The van der Waals surface area contributed by atoms with Crippen molar-refractivity contribution in [3.05, 3.63) is 36.8 Å². The summed E-state index contributed by atoms with van der Waals surface area (Å²) >= 11 is 0. The van der Waals surface area contributed by atoms with Crippen LogP contribution in [0.1, 0.15) is 6.92 Å². The van der Waals surface area contributed by atoms with E-state index in [-0.39, 0.29) is 24.2 Å². The molecule has 7 heteroatoms. The molecular weight excluding hydrogens is 290 g/mol. The maximum Gasteiger partial charge on any atom is 0.229 e. The third kappa shape index (κ3) is 3.22. The fraction of sp³-hybridized carbons (Fsp3) is 0.357. The number of nitrogens with zero attached hydrogens (tertiary/aromatic N) is 3. The average molecular weight is 308 g/mol. The molecule has 1 aliphatic rings. The molecule has 0 radical (unpaired) electrons. The fourth-order valence-corrected chi connectivity index (χ4v) is 2.46. The van der Waals surface area contributed by atoms with Gasteiger partial charge >= 0.3 is 0 Å². The number of hydrogen-bond donors (Lipinski definition) is 2. The minimum atomic E-state index is 0. The van der Waals surface area contributed by atoms with E-state index < -0.39 is 0 Å². The highest BCUT2D eigenvalue weighted by Gasteiger charge is 2.29. The quantitative estimate of drug-likeness (QED) is 0.901. The molecule has 2 atom stereocenters. The number of pyridine rings is 1. The first kappa shape index (κ1) is 15.5. The molecule has 1 amide bonds. The molecule has 0 aliphatic carbocycles. The molecule has 2 aromatic heterocycles. The lowest BCUT2D eigenvalue weighted by atomic mass is 9.97. The fourth-order valence-electron chi connectivity index (χ4n) is 2.46. The Labute approximate surface area is 129 Å². The number of amides is 1. The maximum atomic E-state index is 12.3. The van der Waals surface area contributed by atoms with Crippen LogP contribution in [0.4, 0.5) is 5.69 Å². The Balaban J connectivity index is 0.00000161. The first-order chi connectivity index (χ1) is 9.75. The van der Waals surface area contributed by atoms with Gasteiger partial charge in [-0.3, -0.25) is 4.79 Å². The van der Waals surface area contributed by atoms with Crippen LogP contribution < -0.4 is 10.6 Å². The smallest absolute Gasteiger partial charge is 0.229 e. The van der Waals surface area contributed by atoms with Crippen molar-refractivity contribution >= 4 is 24.0 Å². The van der Waals surface area contributed by atoms with E-state index in [1.54, 1.807) is 29.3 Å². The number of carbonyl (C=O) groups is 1. The van der Waals surface area contributed by atoms with Crippen molar-refractivity contribution in [2.75, 3.05) is 18.4 Å². The van der Waals surface area contributed by atoms with Gasteiger partial charge in [0.25, 0.3) is 0 Å². The lowest BCUT2D eigenvalue weighted by Crippen LogP contribution is -2.28. The van der Waals surface area contributed by atoms with E-state index >= 15 is 0 Å². The third-order valence-corrected chi connectivity index (χ3v) is 3.62. The first-order valence-corrected chi connectivity index (χ1v) is 6.72. The Hall–Kier alpha value is -1.92. The Morgan fingerprint density at radius 3 is 2.90 bits per heavy atom. The molecule has 0 aromatic carbocycles. The van der Waals surface area contributed by atoms with Crippen molar-refractivity contribution in [3.63, 3.8) is 0 Å². The van der Waals surface area contributed by atoms with E-state index in [0.29, 0.717) is 17.4 Å². The van der Waals surface area contributed by atoms with Crippen LogP contribution in [0.5, 0.6) is 0 Å². The van der Waals surface area contributed by atoms with Gasteiger partial charge in [-0.05, 0) is 30.7 Å². The van der Waals surface area contributed by atoms with Crippen LogP contribution in [0.3, 0.4) is 0 Å². The van der Waals surface area contributed by atoms with Gasteiger partial charge in [-0.15, -0.1) is 12.4 Å². The summed E-state index contributed by atoms with van der Waals surface area (Å²) in [4.78, 5) is 16.6. The highest BCUT2D eigenvalue weighted by atomic mass is 35.5. The van der Waals surface area contributed by atoms with Crippen molar-refractivity contribution in [1.82, 2.24) is 20.1 Å². The molecular formula is C14H18ClN5O. The summed E-state index contributed by atoms with van der Waals surface area (Å²) in [6.45, 7) is 3.70. The highest BCUT2D eigenvalue weighted by molar-refractivity contribution is 5.94. The summed E-state index contributed by atoms with van der Waals surface area (Å²) in [5.74, 6) is 1.01. The molecule has 0 bridgehead atoms.